The average Bonchev–Trinajstić information content (AvgIpc) is 2.70. The van der Waals surface area contributed by atoms with E-state index in [4.69, 9.17) is 4.74 Å². The minimum absolute atomic E-state index is 0. The standard InChI is InChI=1S/C13H17NO2.ClH/c1-3-16-13(15)10-5-4-9-7-12(14-2)8-11(9)6-10;/h4-6,12,14H,3,7-8H2,1-2H3;1H. The number of ether oxygens (including phenoxy) is 1. The van der Waals surface area contributed by atoms with Crippen molar-refractivity contribution in [3.8, 4) is 0 Å². The first-order valence-corrected chi connectivity index (χ1v) is 5.70. The maximum absolute atomic E-state index is 11.6. The zero-order valence-corrected chi connectivity index (χ0v) is 11.0. The maximum Gasteiger partial charge on any atom is 0.338 e. The average molecular weight is 256 g/mol. The van der Waals surface area contributed by atoms with Crippen molar-refractivity contribution in [3.63, 3.8) is 0 Å². The Morgan fingerprint density at radius 2 is 2.12 bits per heavy atom. The Kier molecular flexibility index (Phi) is 4.97. The smallest absolute Gasteiger partial charge is 0.338 e. The molecule has 1 aromatic rings. The first kappa shape index (κ1) is 14.0. The van der Waals surface area contributed by atoms with E-state index < -0.39 is 0 Å². The number of esters is 1. The van der Waals surface area contributed by atoms with Gasteiger partial charge in [0.2, 0.25) is 0 Å². The second kappa shape index (κ2) is 6.03. The number of likely N-dealkylation sites (N-methyl/N-ethyl adjacent to an activating group) is 1. The van der Waals surface area contributed by atoms with Crippen molar-refractivity contribution >= 4 is 18.4 Å². The van der Waals surface area contributed by atoms with Crippen molar-refractivity contribution in [1.82, 2.24) is 5.32 Å². The molecule has 4 heteroatoms. The molecule has 3 nitrogen and oxygen atoms in total. The third kappa shape index (κ3) is 2.99. The Morgan fingerprint density at radius 3 is 2.76 bits per heavy atom. The zero-order chi connectivity index (χ0) is 11.5. The van der Waals surface area contributed by atoms with Crippen LogP contribution in [-0.4, -0.2) is 25.7 Å². The van der Waals surface area contributed by atoms with Crippen LogP contribution >= 0.6 is 12.4 Å². The number of carbonyl (C=O) groups excluding carboxylic acids is 1. The van der Waals surface area contributed by atoms with Gasteiger partial charge in [-0.25, -0.2) is 4.79 Å². The van der Waals surface area contributed by atoms with Crippen LogP contribution in [0, 0.1) is 0 Å². The maximum atomic E-state index is 11.6. The van der Waals surface area contributed by atoms with E-state index in [1.54, 1.807) is 0 Å². The quantitative estimate of drug-likeness (QED) is 0.840. The molecule has 17 heavy (non-hydrogen) atoms. The fourth-order valence-corrected chi connectivity index (χ4v) is 2.16. The van der Waals surface area contributed by atoms with Gasteiger partial charge in [0.1, 0.15) is 0 Å². The van der Waals surface area contributed by atoms with Crippen molar-refractivity contribution in [2.45, 2.75) is 25.8 Å². The fourth-order valence-electron chi connectivity index (χ4n) is 2.16. The summed E-state index contributed by atoms with van der Waals surface area (Å²) in [6.07, 6.45) is 2.05. The van der Waals surface area contributed by atoms with Crippen LogP contribution in [0.2, 0.25) is 0 Å². The summed E-state index contributed by atoms with van der Waals surface area (Å²) in [6.45, 7) is 2.25. The van der Waals surface area contributed by atoms with Crippen molar-refractivity contribution < 1.29 is 9.53 Å². The van der Waals surface area contributed by atoms with E-state index in [0.717, 1.165) is 12.8 Å². The van der Waals surface area contributed by atoms with Crippen LogP contribution in [-0.2, 0) is 17.6 Å². The molecule has 0 aromatic heterocycles. The summed E-state index contributed by atoms with van der Waals surface area (Å²) in [4.78, 5) is 11.6. The van der Waals surface area contributed by atoms with Gasteiger partial charge in [0.15, 0.2) is 0 Å². The van der Waals surface area contributed by atoms with Crippen molar-refractivity contribution in [3.05, 3.63) is 34.9 Å². The van der Waals surface area contributed by atoms with E-state index in [9.17, 15) is 4.79 Å². The minimum atomic E-state index is -0.224. The molecule has 1 atom stereocenters. The van der Waals surface area contributed by atoms with Crippen molar-refractivity contribution in [2.24, 2.45) is 0 Å². The largest absolute Gasteiger partial charge is 0.462 e. The molecule has 0 spiro atoms. The molecule has 0 bridgehead atoms. The Hall–Kier alpha value is -1.06. The van der Waals surface area contributed by atoms with Crippen LogP contribution < -0.4 is 5.32 Å². The van der Waals surface area contributed by atoms with E-state index in [1.165, 1.54) is 11.1 Å². The van der Waals surface area contributed by atoms with Crippen molar-refractivity contribution in [2.75, 3.05) is 13.7 Å². The van der Waals surface area contributed by atoms with Crippen LogP contribution in [0.25, 0.3) is 0 Å². The predicted octanol–water partition coefficient (Wildman–Crippen LogP) is 1.97. The molecule has 0 amide bonds. The van der Waals surface area contributed by atoms with Crippen LogP contribution in [0.1, 0.15) is 28.4 Å². The summed E-state index contributed by atoms with van der Waals surface area (Å²) >= 11 is 0. The minimum Gasteiger partial charge on any atom is -0.462 e. The highest BCUT2D eigenvalue weighted by Gasteiger charge is 2.21. The molecule has 0 aliphatic heterocycles. The van der Waals surface area contributed by atoms with E-state index in [1.807, 2.05) is 32.2 Å². The summed E-state index contributed by atoms with van der Waals surface area (Å²) in [5.41, 5.74) is 3.27. The molecule has 0 fully saturated rings. The van der Waals surface area contributed by atoms with Gasteiger partial charge in [0.05, 0.1) is 12.2 Å². The van der Waals surface area contributed by atoms with Gasteiger partial charge in [0, 0.05) is 6.04 Å². The molecule has 0 saturated heterocycles. The number of nitrogens with one attached hydrogen (secondary N) is 1. The molecule has 1 aromatic carbocycles. The summed E-state index contributed by atoms with van der Waals surface area (Å²) in [5, 5.41) is 3.27. The summed E-state index contributed by atoms with van der Waals surface area (Å²) in [7, 11) is 1.98. The number of carbonyl (C=O) groups is 1. The molecule has 2 rings (SSSR count). The molecule has 0 radical (unpaired) electrons. The second-order valence-corrected chi connectivity index (χ2v) is 4.10. The van der Waals surface area contributed by atoms with E-state index in [0.29, 0.717) is 18.2 Å². The number of benzene rings is 1. The second-order valence-electron chi connectivity index (χ2n) is 4.10. The van der Waals surface area contributed by atoms with Gasteiger partial charge in [0.25, 0.3) is 0 Å². The summed E-state index contributed by atoms with van der Waals surface area (Å²) < 4.78 is 4.99. The van der Waals surface area contributed by atoms with Crippen molar-refractivity contribution in [1.29, 1.82) is 0 Å². The van der Waals surface area contributed by atoms with Crippen LogP contribution in [0.15, 0.2) is 18.2 Å². The topological polar surface area (TPSA) is 38.3 Å². The normalized spacial score (nSPS) is 17.2. The van der Waals surface area contributed by atoms with Gasteiger partial charge in [-0.15, -0.1) is 12.4 Å². The molecule has 1 N–H and O–H groups in total. The highest BCUT2D eigenvalue weighted by atomic mass is 35.5. The molecule has 0 saturated carbocycles. The summed E-state index contributed by atoms with van der Waals surface area (Å²) in [5.74, 6) is -0.224. The van der Waals surface area contributed by atoms with Gasteiger partial charge < -0.3 is 10.1 Å². The number of hydrogen-bond donors (Lipinski definition) is 1. The lowest BCUT2D eigenvalue weighted by molar-refractivity contribution is 0.0526. The van der Waals surface area contributed by atoms with E-state index in [2.05, 4.69) is 5.32 Å². The number of fused-ring (bicyclic) bond motifs is 1. The lowest BCUT2D eigenvalue weighted by Gasteiger charge is -2.04. The number of hydrogen-bond acceptors (Lipinski definition) is 3. The zero-order valence-electron chi connectivity index (χ0n) is 10.2. The number of rotatable bonds is 3. The molecule has 1 aliphatic rings. The Morgan fingerprint density at radius 1 is 1.41 bits per heavy atom. The highest BCUT2D eigenvalue weighted by molar-refractivity contribution is 5.89. The first-order chi connectivity index (χ1) is 7.74. The van der Waals surface area contributed by atoms with Gasteiger partial charge in [-0.05, 0) is 50.1 Å². The predicted molar refractivity (Wildman–Crippen MR) is 69.9 cm³/mol. The molecular formula is C13H18ClNO2. The monoisotopic (exact) mass is 255 g/mol. The van der Waals surface area contributed by atoms with Crippen LogP contribution in [0.5, 0.6) is 0 Å². The highest BCUT2D eigenvalue weighted by Crippen LogP contribution is 2.23. The third-order valence-corrected chi connectivity index (χ3v) is 3.06. The Bertz CT molecular complexity index is 406. The van der Waals surface area contributed by atoms with Gasteiger partial charge in [-0.1, -0.05) is 6.07 Å². The SMILES string of the molecule is CCOC(=O)c1ccc2c(c1)CC(NC)C2.Cl. The van der Waals surface area contributed by atoms with E-state index in [-0.39, 0.29) is 18.4 Å². The third-order valence-electron chi connectivity index (χ3n) is 3.06. The van der Waals surface area contributed by atoms with Gasteiger partial charge in [-0.3, -0.25) is 0 Å². The van der Waals surface area contributed by atoms with Crippen LogP contribution in [0.3, 0.4) is 0 Å². The lowest BCUT2D eigenvalue weighted by Crippen LogP contribution is -2.24. The first-order valence-electron chi connectivity index (χ1n) is 5.70. The number of halogens is 1. The molecular weight excluding hydrogens is 238 g/mol. The van der Waals surface area contributed by atoms with E-state index >= 15 is 0 Å². The van der Waals surface area contributed by atoms with Gasteiger partial charge in [-0.2, -0.15) is 0 Å². The van der Waals surface area contributed by atoms with Gasteiger partial charge >= 0.3 is 5.97 Å². The molecule has 94 valence electrons. The Labute approximate surface area is 108 Å². The Balaban J connectivity index is 0.00000144. The lowest BCUT2D eigenvalue weighted by atomic mass is 10.1. The molecule has 1 unspecified atom stereocenters. The molecule has 0 heterocycles. The fraction of sp³-hybridized carbons (Fsp3) is 0.462. The molecule has 1 aliphatic carbocycles. The summed E-state index contributed by atoms with van der Waals surface area (Å²) in [6, 6.07) is 6.37. The van der Waals surface area contributed by atoms with Crippen LogP contribution in [0.4, 0.5) is 0 Å².